The first-order valence-corrected chi connectivity index (χ1v) is 16.3. The molecule has 0 bridgehead atoms. The van der Waals surface area contributed by atoms with Crippen LogP contribution >= 0.6 is 23.5 Å². The van der Waals surface area contributed by atoms with Crippen molar-refractivity contribution in [3.05, 3.63) is 97.1 Å². The number of nitrogens with zero attached hydrogens (tertiary/aromatic N) is 4. The van der Waals surface area contributed by atoms with E-state index in [1.165, 1.54) is 19.6 Å². The lowest BCUT2D eigenvalue weighted by Crippen LogP contribution is -2.52. The Morgan fingerprint density at radius 1 is 0.452 bits per heavy atom. The molecule has 42 heavy (non-hydrogen) atoms. The molecule has 3 heterocycles. The molecule has 0 spiro atoms. The summed E-state index contributed by atoms with van der Waals surface area (Å²) in [6, 6.07) is 33.8. The molecular weight excluding hydrogens is 561 g/mol. The van der Waals surface area contributed by atoms with Crippen molar-refractivity contribution in [3.8, 4) is 0 Å². The Morgan fingerprint density at radius 3 is 1.05 bits per heavy atom. The maximum Gasteiger partial charge on any atom is 0.0845 e. The van der Waals surface area contributed by atoms with E-state index in [0.717, 1.165) is 48.9 Å². The summed E-state index contributed by atoms with van der Waals surface area (Å²) in [5.41, 5.74) is 4.65. The predicted molar refractivity (Wildman–Crippen MR) is 173 cm³/mol. The van der Waals surface area contributed by atoms with Crippen LogP contribution in [-0.4, -0.2) is 84.6 Å². The summed E-state index contributed by atoms with van der Waals surface area (Å²) in [6.45, 7) is 5.96. The van der Waals surface area contributed by atoms with Gasteiger partial charge in [0, 0.05) is 58.9 Å². The second-order valence-electron chi connectivity index (χ2n) is 11.2. The molecule has 0 amide bonds. The smallest absolute Gasteiger partial charge is 0.0845 e. The van der Waals surface area contributed by atoms with E-state index in [2.05, 4.69) is 117 Å². The minimum atomic E-state index is -0.469. The van der Waals surface area contributed by atoms with E-state index in [4.69, 9.17) is 0 Å². The molecule has 1 fully saturated rings. The third-order valence-electron chi connectivity index (χ3n) is 8.25. The standard InChI is InChI=1S/C34H36N4O2S2/c39-25(23-37-27-9-1-5-13-31(27)41-32-14-6-2-10-28(32)37)21-35-17-19-36(20-18-35)22-26(40)24-38-29-11-3-7-15-33(29)42-34-16-8-4-12-30(34)38/h1-16,25-26,39-40H,17-24H2/t25-,26-/m0/s1. The number of fused-ring (bicyclic) bond motifs is 4. The van der Waals surface area contributed by atoms with Crippen LogP contribution in [-0.2, 0) is 0 Å². The average molecular weight is 597 g/mol. The number of piperazine rings is 1. The van der Waals surface area contributed by atoms with E-state index in [0.29, 0.717) is 26.2 Å². The Hall–Kier alpha value is -2.98. The van der Waals surface area contributed by atoms with E-state index in [1.807, 2.05) is 0 Å². The van der Waals surface area contributed by atoms with E-state index in [9.17, 15) is 10.2 Å². The monoisotopic (exact) mass is 596 g/mol. The summed E-state index contributed by atoms with van der Waals surface area (Å²) in [4.78, 5) is 14.2. The summed E-state index contributed by atoms with van der Waals surface area (Å²) in [5, 5.41) is 22.4. The molecule has 0 aliphatic carbocycles. The van der Waals surface area contributed by atoms with Gasteiger partial charge in [-0.25, -0.2) is 0 Å². The summed E-state index contributed by atoms with van der Waals surface area (Å²) in [5.74, 6) is 0. The highest BCUT2D eigenvalue weighted by Crippen LogP contribution is 2.49. The van der Waals surface area contributed by atoms with Gasteiger partial charge in [0.1, 0.15) is 0 Å². The summed E-state index contributed by atoms with van der Waals surface area (Å²) in [7, 11) is 0. The highest BCUT2D eigenvalue weighted by Gasteiger charge is 2.28. The minimum Gasteiger partial charge on any atom is -0.390 e. The van der Waals surface area contributed by atoms with Gasteiger partial charge in [0.25, 0.3) is 0 Å². The van der Waals surface area contributed by atoms with Crippen molar-refractivity contribution in [1.82, 2.24) is 9.80 Å². The molecule has 4 aromatic carbocycles. The van der Waals surface area contributed by atoms with Crippen LogP contribution in [0.15, 0.2) is 117 Å². The zero-order valence-corrected chi connectivity index (χ0v) is 25.2. The van der Waals surface area contributed by atoms with Crippen LogP contribution in [0.1, 0.15) is 0 Å². The molecule has 2 N–H and O–H groups in total. The molecule has 4 aromatic rings. The lowest BCUT2D eigenvalue weighted by molar-refractivity contribution is 0.0529. The van der Waals surface area contributed by atoms with Gasteiger partial charge in [-0.1, -0.05) is 72.1 Å². The van der Waals surface area contributed by atoms with Crippen molar-refractivity contribution in [3.63, 3.8) is 0 Å². The molecule has 3 aliphatic heterocycles. The third kappa shape index (κ3) is 5.80. The van der Waals surface area contributed by atoms with Gasteiger partial charge >= 0.3 is 0 Å². The number of benzene rings is 4. The number of anilines is 4. The second-order valence-corrected chi connectivity index (χ2v) is 13.4. The molecule has 1 saturated heterocycles. The SMILES string of the molecule is O[C@@H](CN1CCN(C[C@H](O)CN2c3ccccc3Sc3ccccc32)CC1)CN1c2ccccc2Sc2ccccc21. The quantitative estimate of drug-likeness (QED) is 0.260. The Labute approximate surface area is 256 Å². The van der Waals surface area contributed by atoms with Gasteiger partial charge in [0.05, 0.1) is 48.0 Å². The molecule has 2 atom stereocenters. The van der Waals surface area contributed by atoms with Crippen molar-refractivity contribution >= 4 is 46.3 Å². The lowest BCUT2D eigenvalue weighted by Gasteiger charge is -2.39. The van der Waals surface area contributed by atoms with Crippen LogP contribution in [0.4, 0.5) is 22.7 Å². The Morgan fingerprint density at radius 2 is 0.738 bits per heavy atom. The number of rotatable bonds is 8. The molecule has 0 saturated carbocycles. The van der Waals surface area contributed by atoms with Crippen LogP contribution in [0, 0.1) is 0 Å². The van der Waals surface area contributed by atoms with E-state index in [1.54, 1.807) is 23.5 Å². The largest absolute Gasteiger partial charge is 0.390 e. The molecule has 7 rings (SSSR count). The molecule has 6 nitrogen and oxygen atoms in total. The molecule has 0 unspecified atom stereocenters. The summed E-state index contributed by atoms with van der Waals surface area (Å²) >= 11 is 3.59. The molecule has 0 radical (unpaired) electrons. The third-order valence-corrected chi connectivity index (χ3v) is 10.5. The maximum absolute atomic E-state index is 11.2. The number of aliphatic hydroxyl groups excluding tert-OH is 2. The van der Waals surface area contributed by atoms with Gasteiger partial charge < -0.3 is 20.0 Å². The van der Waals surface area contributed by atoms with Crippen molar-refractivity contribution in [2.45, 2.75) is 31.8 Å². The molecule has 0 aromatic heterocycles. The number of β-amino-alcohol motifs (C(OH)–C–C–N with tert-alkyl or cyclic N) is 2. The average Bonchev–Trinajstić information content (AvgIpc) is 3.02. The number of hydrogen-bond donors (Lipinski definition) is 2. The summed E-state index contributed by atoms with van der Waals surface area (Å²) in [6.07, 6.45) is -0.938. The first-order valence-electron chi connectivity index (χ1n) is 14.7. The fraction of sp³-hybridized carbons (Fsp3) is 0.294. The zero-order valence-electron chi connectivity index (χ0n) is 23.5. The van der Waals surface area contributed by atoms with Crippen LogP contribution in [0.3, 0.4) is 0 Å². The van der Waals surface area contributed by atoms with Crippen LogP contribution in [0.25, 0.3) is 0 Å². The van der Waals surface area contributed by atoms with Gasteiger partial charge in [-0.3, -0.25) is 9.80 Å². The minimum absolute atomic E-state index is 0.469. The van der Waals surface area contributed by atoms with Gasteiger partial charge in [0.2, 0.25) is 0 Å². The van der Waals surface area contributed by atoms with Crippen LogP contribution in [0.2, 0.25) is 0 Å². The topological polar surface area (TPSA) is 53.4 Å². The molecule has 3 aliphatic rings. The molecular formula is C34H36N4O2S2. The van der Waals surface area contributed by atoms with Crippen molar-refractivity contribution in [2.24, 2.45) is 0 Å². The Bertz CT molecular complexity index is 1340. The first-order chi connectivity index (χ1) is 20.6. The number of hydrogen-bond acceptors (Lipinski definition) is 8. The second kappa shape index (κ2) is 12.3. The zero-order chi connectivity index (χ0) is 28.5. The maximum atomic E-state index is 11.2. The van der Waals surface area contributed by atoms with Crippen LogP contribution in [0.5, 0.6) is 0 Å². The predicted octanol–water partition coefficient (Wildman–Crippen LogP) is 5.93. The number of aliphatic hydroxyl groups is 2. The van der Waals surface area contributed by atoms with Gasteiger partial charge in [-0.05, 0) is 48.5 Å². The van der Waals surface area contributed by atoms with E-state index < -0.39 is 12.2 Å². The van der Waals surface area contributed by atoms with Crippen LogP contribution < -0.4 is 9.80 Å². The Kier molecular flexibility index (Phi) is 8.17. The fourth-order valence-corrected chi connectivity index (χ4v) is 8.43. The van der Waals surface area contributed by atoms with E-state index >= 15 is 0 Å². The van der Waals surface area contributed by atoms with Gasteiger partial charge in [-0.2, -0.15) is 0 Å². The van der Waals surface area contributed by atoms with E-state index in [-0.39, 0.29) is 0 Å². The molecule has 8 heteroatoms. The lowest BCUT2D eigenvalue weighted by atomic mass is 10.1. The van der Waals surface area contributed by atoms with Gasteiger partial charge in [0.15, 0.2) is 0 Å². The highest BCUT2D eigenvalue weighted by molar-refractivity contribution is 8.00. The molecule has 216 valence electrons. The van der Waals surface area contributed by atoms with Crippen molar-refractivity contribution < 1.29 is 10.2 Å². The fourth-order valence-electron chi connectivity index (χ4n) is 6.24. The highest BCUT2D eigenvalue weighted by atomic mass is 32.2. The van der Waals surface area contributed by atoms with Crippen molar-refractivity contribution in [1.29, 1.82) is 0 Å². The normalized spacial score (nSPS) is 18.0. The van der Waals surface area contributed by atoms with Gasteiger partial charge in [-0.15, -0.1) is 0 Å². The van der Waals surface area contributed by atoms with Crippen molar-refractivity contribution in [2.75, 3.05) is 62.2 Å². The summed E-state index contributed by atoms with van der Waals surface area (Å²) < 4.78 is 0. The number of para-hydroxylation sites is 4. The first kappa shape index (κ1) is 27.8. The Balaban J connectivity index is 0.937.